The lowest BCUT2D eigenvalue weighted by Crippen LogP contribution is -2.44. The lowest BCUT2D eigenvalue weighted by Gasteiger charge is -2.38. The maximum Gasteiger partial charge on any atom is 0.276 e. The maximum atomic E-state index is 14.0. The van der Waals surface area contributed by atoms with E-state index >= 15 is 0 Å². The Hall–Kier alpha value is -4.51. The summed E-state index contributed by atoms with van der Waals surface area (Å²) in [4.78, 5) is 39.6. The van der Waals surface area contributed by atoms with Crippen molar-refractivity contribution in [3.05, 3.63) is 71.4 Å². The number of rotatable bonds is 2. The van der Waals surface area contributed by atoms with E-state index in [2.05, 4.69) is 22.0 Å². The predicted octanol–water partition coefficient (Wildman–Crippen LogP) is 3.13. The molecule has 0 aliphatic carbocycles. The highest BCUT2D eigenvalue weighted by molar-refractivity contribution is 6.05. The molecule has 2 aliphatic rings. The number of anilines is 5. The zero-order valence-electron chi connectivity index (χ0n) is 21.1. The lowest BCUT2D eigenvalue weighted by atomic mass is 10.1. The van der Waals surface area contributed by atoms with Crippen molar-refractivity contribution >= 4 is 45.6 Å². The number of para-hydroxylation sites is 1. The van der Waals surface area contributed by atoms with E-state index in [1.54, 1.807) is 26.5 Å². The molecule has 1 amide bonds. The standard InChI is InChI=1S/C27H28N8O3/c1-3-23(36)34-10-9-33(21-7-4-6-18(2)24(21)34)22-14-19-15-28-27-30-20-16-29-32(17-20)11-13-38-12-5-8-35(26(22)37)25(19)31-27/h3-4,6-7,14-17H,1,5,8-13H2,2H3,(H,28,30,31). The highest BCUT2D eigenvalue weighted by atomic mass is 16.5. The zero-order valence-corrected chi connectivity index (χ0v) is 21.1. The minimum Gasteiger partial charge on any atom is -0.379 e. The number of pyridine rings is 1. The second kappa shape index (κ2) is 9.75. The Morgan fingerprint density at radius 2 is 2.03 bits per heavy atom. The van der Waals surface area contributed by atoms with Crippen LogP contribution in [0.4, 0.5) is 28.7 Å². The van der Waals surface area contributed by atoms with E-state index in [-0.39, 0.29) is 11.5 Å². The summed E-state index contributed by atoms with van der Waals surface area (Å²) in [6, 6.07) is 7.68. The molecular weight excluding hydrogens is 484 g/mol. The number of aryl methyl sites for hydroxylation is 2. The van der Waals surface area contributed by atoms with Crippen molar-refractivity contribution in [1.82, 2.24) is 24.3 Å². The molecule has 0 saturated heterocycles. The van der Waals surface area contributed by atoms with Crippen LogP contribution in [0.3, 0.4) is 0 Å². The summed E-state index contributed by atoms with van der Waals surface area (Å²) in [6.45, 7) is 8.62. The van der Waals surface area contributed by atoms with E-state index in [0.29, 0.717) is 63.1 Å². The number of carbonyl (C=O) groups is 1. The van der Waals surface area contributed by atoms with E-state index in [1.165, 1.54) is 6.08 Å². The number of hydrogen-bond donors (Lipinski definition) is 1. The van der Waals surface area contributed by atoms with Gasteiger partial charge in [0.25, 0.3) is 11.5 Å². The molecule has 6 rings (SSSR count). The number of aromatic nitrogens is 5. The molecule has 1 aromatic carbocycles. The van der Waals surface area contributed by atoms with Gasteiger partial charge in [-0.25, -0.2) is 4.98 Å². The highest BCUT2D eigenvalue weighted by Crippen LogP contribution is 2.39. The fourth-order valence-electron chi connectivity index (χ4n) is 5.09. The number of carbonyl (C=O) groups excluding carboxylic acids is 1. The predicted molar refractivity (Wildman–Crippen MR) is 145 cm³/mol. The molecule has 0 fully saturated rings. The van der Waals surface area contributed by atoms with Crippen LogP contribution >= 0.6 is 0 Å². The third-order valence-electron chi connectivity index (χ3n) is 6.89. The fourth-order valence-corrected chi connectivity index (χ4v) is 5.09. The van der Waals surface area contributed by atoms with Crippen molar-refractivity contribution in [3.63, 3.8) is 0 Å². The van der Waals surface area contributed by atoms with Gasteiger partial charge in [-0.15, -0.1) is 0 Å². The number of benzene rings is 1. The van der Waals surface area contributed by atoms with Gasteiger partial charge in [-0.05, 0) is 37.1 Å². The summed E-state index contributed by atoms with van der Waals surface area (Å²) in [7, 11) is 0. The minimum absolute atomic E-state index is 0.155. The zero-order chi connectivity index (χ0) is 26.2. The molecule has 2 aliphatic heterocycles. The van der Waals surface area contributed by atoms with E-state index in [0.717, 1.165) is 28.0 Å². The Morgan fingerprint density at radius 3 is 2.89 bits per heavy atom. The van der Waals surface area contributed by atoms with Crippen molar-refractivity contribution in [1.29, 1.82) is 0 Å². The molecule has 4 bridgehead atoms. The van der Waals surface area contributed by atoms with Crippen molar-refractivity contribution in [2.24, 2.45) is 0 Å². The first kappa shape index (κ1) is 23.9. The molecule has 194 valence electrons. The smallest absolute Gasteiger partial charge is 0.276 e. The number of ether oxygens (including phenoxy) is 1. The molecule has 38 heavy (non-hydrogen) atoms. The first-order chi connectivity index (χ1) is 18.5. The number of nitrogens with zero attached hydrogens (tertiary/aromatic N) is 7. The van der Waals surface area contributed by atoms with Crippen LogP contribution in [-0.2, 0) is 22.6 Å². The summed E-state index contributed by atoms with van der Waals surface area (Å²) >= 11 is 0. The van der Waals surface area contributed by atoms with Crippen molar-refractivity contribution < 1.29 is 9.53 Å². The normalized spacial score (nSPS) is 15.6. The molecule has 0 radical (unpaired) electrons. The summed E-state index contributed by atoms with van der Waals surface area (Å²) < 4.78 is 9.31. The quantitative estimate of drug-likeness (QED) is 0.408. The van der Waals surface area contributed by atoms with Gasteiger partial charge < -0.3 is 19.9 Å². The average Bonchev–Trinajstić information content (AvgIpc) is 3.37. The van der Waals surface area contributed by atoms with Gasteiger partial charge in [0.15, 0.2) is 0 Å². The van der Waals surface area contributed by atoms with Crippen LogP contribution < -0.4 is 20.7 Å². The Bertz CT molecular complexity index is 1610. The van der Waals surface area contributed by atoms with Gasteiger partial charge in [0.2, 0.25) is 5.95 Å². The number of nitrogens with one attached hydrogen (secondary N) is 1. The topological polar surface area (TPSA) is 110 Å². The van der Waals surface area contributed by atoms with Gasteiger partial charge in [-0.3, -0.25) is 18.8 Å². The number of hydrogen-bond acceptors (Lipinski definition) is 8. The largest absolute Gasteiger partial charge is 0.379 e. The molecule has 0 spiro atoms. The van der Waals surface area contributed by atoms with Crippen LogP contribution in [0.2, 0.25) is 0 Å². The Kier molecular flexibility index (Phi) is 6.12. The number of fused-ring (bicyclic) bond motifs is 4. The third kappa shape index (κ3) is 4.20. The minimum atomic E-state index is -0.164. The summed E-state index contributed by atoms with van der Waals surface area (Å²) in [6.07, 6.45) is 7.27. The molecule has 4 aromatic rings. The molecule has 11 heteroatoms. The van der Waals surface area contributed by atoms with Gasteiger partial charge in [-0.2, -0.15) is 10.1 Å². The first-order valence-electron chi connectivity index (χ1n) is 12.6. The Balaban J connectivity index is 1.48. The summed E-state index contributed by atoms with van der Waals surface area (Å²) in [5.74, 6) is 0.229. The van der Waals surface area contributed by atoms with Crippen LogP contribution in [0.5, 0.6) is 0 Å². The SMILES string of the molecule is C=CC(=O)N1CCN(c2cc3cnc4nc3n(c2=O)CCCOCCn2cc(cn2)N4)c2cccc(C)c21. The van der Waals surface area contributed by atoms with Crippen molar-refractivity contribution in [2.45, 2.75) is 26.4 Å². The molecule has 0 unspecified atom stereocenters. The van der Waals surface area contributed by atoms with Gasteiger partial charge in [0.05, 0.1) is 36.4 Å². The maximum absolute atomic E-state index is 14.0. The second-order valence-corrected chi connectivity index (χ2v) is 9.33. The van der Waals surface area contributed by atoms with Crippen molar-refractivity contribution in [2.75, 3.05) is 41.4 Å². The Labute approximate surface area is 219 Å². The van der Waals surface area contributed by atoms with Crippen LogP contribution in [0.1, 0.15) is 12.0 Å². The summed E-state index contributed by atoms with van der Waals surface area (Å²) in [5, 5.41) is 8.26. The van der Waals surface area contributed by atoms with E-state index in [1.807, 2.05) is 42.3 Å². The van der Waals surface area contributed by atoms with E-state index < -0.39 is 0 Å². The second-order valence-electron chi connectivity index (χ2n) is 9.33. The van der Waals surface area contributed by atoms with E-state index in [9.17, 15) is 9.59 Å². The van der Waals surface area contributed by atoms with Crippen LogP contribution in [0.25, 0.3) is 11.0 Å². The molecule has 0 atom stereocenters. The lowest BCUT2D eigenvalue weighted by molar-refractivity contribution is -0.114. The van der Waals surface area contributed by atoms with Gasteiger partial charge in [-0.1, -0.05) is 18.7 Å². The van der Waals surface area contributed by atoms with Gasteiger partial charge in [0.1, 0.15) is 11.3 Å². The fraction of sp³-hybridized carbons (Fsp3) is 0.296. The third-order valence-corrected chi connectivity index (χ3v) is 6.89. The molecular formula is C27H28N8O3. The van der Waals surface area contributed by atoms with Crippen molar-refractivity contribution in [3.8, 4) is 0 Å². The van der Waals surface area contributed by atoms with E-state index in [4.69, 9.17) is 9.72 Å². The molecule has 11 nitrogen and oxygen atoms in total. The van der Waals surface area contributed by atoms with Crippen LogP contribution in [0.15, 0.2) is 60.3 Å². The molecule has 5 heterocycles. The summed E-state index contributed by atoms with van der Waals surface area (Å²) in [5.41, 5.74) is 4.20. The van der Waals surface area contributed by atoms with Crippen LogP contribution in [-0.4, -0.2) is 56.5 Å². The average molecular weight is 513 g/mol. The Morgan fingerprint density at radius 1 is 1.13 bits per heavy atom. The van der Waals surface area contributed by atoms with Gasteiger partial charge in [0, 0.05) is 44.0 Å². The molecule has 3 aromatic heterocycles. The molecule has 1 N–H and O–H groups in total. The molecule has 0 saturated carbocycles. The highest BCUT2D eigenvalue weighted by Gasteiger charge is 2.30. The monoisotopic (exact) mass is 512 g/mol. The first-order valence-corrected chi connectivity index (χ1v) is 12.6. The van der Waals surface area contributed by atoms with Crippen LogP contribution in [0, 0.1) is 6.92 Å². The number of amides is 1. The van der Waals surface area contributed by atoms with Gasteiger partial charge >= 0.3 is 0 Å².